The molecule has 0 aliphatic carbocycles. The van der Waals surface area contributed by atoms with Crippen LogP contribution in [-0.2, 0) is 6.54 Å². The molecule has 1 aromatic rings. The maximum atomic E-state index is 9.55. The lowest BCUT2D eigenvalue weighted by Crippen LogP contribution is -2.51. The molecule has 0 bridgehead atoms. The van der Waals surface area contributed by atoms with Gasteiger partial charge in [-0.2, -0.15) is 23.5 Å². The van der Waals surface area contributed by atoms with Crippen molar-refractivity contribution in [2.45, 2.75) is 12.6 Å². The van der Waals surface area contributed by atoms with E-state index < -0.39 is 0 Å². The summed E-state index contributed by atoms with van der Waals surface area (Å²) in [5.41, 5.74) is 1.21. The molecular weight excluding hydrogens is 300 g/mol. The standard InChI is InChI=1S/C16H24N2OS2/c19-16-3-1-2-14(10-16)11-17-4-6-18(7-5-17)15-12-20-8-9-21-13-15/h1-3,10,15,19H,4-9,11-13H2. The molecule has 0 saturated carbocycles. The zero-order chi connectivity index (χ0) is 14.5. The Kier molecular flexibility index (Phi) is 5.75. The van der Waals surface area contributed by atoms with Crippen molar-refractivity contribution in [1.29, 1.82) is 0 Å². The molecule has 0 aromatic heterocycles. The third-order valence-corrected chi connectivity index (χ3v) is 6.72. The van der Waals surface area contributed by atoms with Gasteiger partial charge in [0.1, 0.15) is 5.75 Å². The van der Waals surface area contributed by atoms with E-state index in [4.69, 9.17) is 0 Å². The van der Waals surface area contributed by atoms with Crippen LogP contribution in [0.25, 0.3) is 0 Å². The van der Waals surface area contributed by atoms with Crippen molar-refractivity contribution in [3.8, 4) is 5.75 Å². The molecule has 2 fully saturated rings. The highest BCUT2D eigenvalue weighted by atomic mass is 32.2. The normalized spacial score (nSPS) is 23.0. The van der Waals surface area contributed by atoms with E-state index in [2.05, 4.69) is 39.4 Å². The molecular formula is C16H24N2OS2. The lowest BCUT2D eigenvalue weighted by Gasteiger charge is -2.38. The molecule has 1 N–H and O–H groups in total. The summed E-state index contributed by atoms with van der Waals surface area (Å²) >= 11 is 4.24. The lowest BCUT2D eigenvalue weighted by molar-refractivity contribution is 0.107. The van der Waals surface area contributed by atoms with Gasteiger partial charge < -0.3 is 5.11 Å². The number of rotatable bonds is 3. The maximum absolute atomic E-state index is 9.55. The average Bonchev–Trinajstić information content (AvgIpc) is 2.77. The minimum Gasteiger partial charge on any atom is -0.508 e. The molecule has 3 rings (SSSR count). The molecule has 2 aliphatic heterocycles. The summed E-state index contributed by atoms with van der Waals surface area (Å²) in [4.78, 5) is 5.19. The molecule has 1 aromatic carbocycles. The van der Waals surface area contributed by atoms with Gasteiger partial charge in [-0.3, -0.25) is 9.80 Å². The van der Waals surface area contributed by atoms with Crippen LogP contribution in [0.2, 0.25) is 0 Å². The molecule has 116 valence electrons. The summed E-state index contributed by atoms with van der Waals surface area (Å²) in [5, 5.41) is 9.55. The fraction of sp³-hybridized carbons (Fsp3) is 0.625. The largest absolute Gasteiger partial charge is 0.508 e. The van der Waals surface area contributed by atoms with E-state index in [1.165, 1.54) is 41.7 Å². The fourth-order valence-electron chi connectivity index (χ4n) is 3.02. The highest BCUT2D eigenvalue weighted by Crippen LogP contribution is 2.22. The van der Waals surface area contributed by atoms with Gasteiger partial charge in [0, 0.05) is 61.8 Å². The first kappa shape index (κ1) is 15.5. The lowest BCUT2D eigenvalue weighted by atomic mass is 10.1. The van der Waals surface area contributed by atoms with Crippen molar-refractivity contribution in [2.24, 2.45) is 0 Å². The Morgan fingerprint density at radius 3 is 2.43 bits per heavy atom. The minimum absolute atomic E-state index is 0.374. The Bertz CT molecular complexity index is 442. The molecule has 5 heteroatoms. The predicted octanol–water partition coefficient (Wildman–Crippen LogP) is 2.36. The summed E-state index contributed by atoms with van der Waals surface area (Å²) < 4.78 is 0. The van der Waals surface area contributed by atoms with Crippen molar-refractivity contribution in [3.05, 3.63) is 29.8 Å². The number of phenols is 1. The number of thioether (sulfide) groups is 2. The molecule has 2 heterocycles. The predicted molar refractivity (Wildman–Crippen MR) is 93.4 cm³/mol. The van der Waals surface area contributed by atoms with Gasteiger partial charge in [0.25, 0.3) is 0 Å². The maximum Gasteiger partial charge on any atom is 0.115 e. The van der Waals surface area contributed by atoms with E-state index in [9.17, 15) is 5.11 Å². The number of hydrogen-bond acceptors (Lipinski definition) is 5. The Labute approximate surface area is 136 Å². The number of benzene rings is 1. The highest BCUT2D eigenvalue weighted by molar-refractivity contribution is 8.03. The first-order valence-corrected chi connectivity index (χ1v) is 10.0. The number of hydrogen-bond donors (Lipinski definition) is 1. The van der Waals surface area contributed by atoms with Gasteiger partial charge in [0.2, 0.25) is 0 Å². The molecule has 2 aliphatic rings. The van der Waals surface area contributed by atoms with E-state index in [1.54, 1.807) is 6.07 Å². The monoisotopic (exact) mass is 324 g/mol. The molecule has 0 spiro atoms. The third kappa shape index (κ3) is 4.55. The number of phenolic OH excluding ortho intramolecular Hbond substituents is 1. The SMILES string of the molecule is Oc1cccc(CN2CCN(C3CSCCSC3)CC2)c1. The van der Waals surface area contributed by atoms with E-state index in [0.29, 0.717) is 5.75 Å². The number of nitrogens with zero attached hydrogens (tertiary/aromatic N) is 2. The van der Waals surface area contributed by atoms with Gasteiger partial charge in [0.15, 0.2) is 0 Å². The van der Waals surface area contributed by atoms with E-state index in [-0.39, 0.29) is 0 Å². The number of aromatic hydroxyl groups is 1. The second-order valence-corrected chi connectivity index (χ2v) is 8.09. The van der Waals surface area contributed by atoms with E-state index in [0.717, 1.165) is 25.7 Å². The van der Waals surface area contributed by atoms with Crippen LogP contribution in [0.5, 0.6) is 5.75 Å². The van der Waals surface area contributed by atoms with Crippen LogP contribution in [0.15, 0.2) is 24.3 Å². The summed E-state index contributed by atoms with van der Waals surface area (Å²) in [5.74, 6) is 5.62. The van der Waals surface area contributed by atoms with E-state index in [1.807, 2.05) is 12.1 Å². The van der Waals surface area contributed by atoms with E-state index >= 15 is 0 Å². The summed E-state index contributed by atoms with van der Waals surface area (Å²) in [6.07, 6.45) is 0. The van der Waals surface area contributed by atoms with Gasteiger partial charge in [0.05, 0.1) is 0 Å². The third-order valence-electron chi connectivity index (χ3n) is 4.23. The summed E-state index contributed by atoms with van der Waals surface area (Å²) in [7, 11) is 0. The molecule has 21 heavy (non-hydrogen) atoms. The molecule has 0 radical (unpaired) electrons. The van der Waals surface area contributed by atoms with Gasteiger partial charge in [-0.15, -0.1) is 0 Å². The first-order chi connectivity index (χ1) is 10.3. The van der Waals surface area contributed by atoms with Gasteiger partial charge >= 0.3 is 0 Å². The van der Waals surface area contributed by atoms with Crippen molar-refractivity contribution in [3.63, 3.8) is 0 Å². The quantitative estimate of drug-likeness (QED) is 0.921. The second kappa shape index (κ2) is 7.77. The Morgan fingerprint density at radius 1 is 1.05 bits per heavy atom. The fourth-order valence-corrected chi connectivity index (χ4v) is 5.64. The van der Waals surface area contributed by atoms with Crippen molar-refractivity contribution in [1.82, 2.24) is 9.80 Å². The molecule has 3 nitrogen and oxygen atoms in total. The van der Waals surface area contributed by atoms with Crippen LogP contribution in [0.1, 0.15) is 5.56 Å². The molecule has 0 atom stereocenters. The second-order valence-electron chi connectivity index (χ2n) is 5.79. The smallest absolute Gasteiger partial charge is 0.115 e. The van der Waals surface area contributed by atoms with Crippen LogP contribution in [-0.4, -0.2) is 70.1 Å². The van der Waals surface area contributed by atoms with Gasteiger partial charge in [-0.05, 0) is 17.7 Å². The van der Waals surface area contributed by atoms with Crippen LogP contribution in [0, 0.1) is 0 Å². The van der Waals surface area contributed by atoms with Gasteiger partial charge in [-0.25, -0.2) is 0 Å². The summed E-state index contributed by atoms with van der Waals surface area (Å²) in [6.45, 7) is 5.61. The zero-order valence-corrected chi connectivity index (χ0v) is 14.0. The zero-order valence-electron chi connectivity index (χ0n) is 12.4. The molecule has 0 amide bonds. The Balaban J connectivity index is 1.48. The topological polar surface area (TPSA) is 26.7 Å². The Hall–Kier alpha value is -0.360. The first-order valence-electron chi connectivity index (χ1n) is 7.71. The number of piperazine rings is 1. The van der Waals surface area contributed by atoms with Crippen molar-refractivity contribution < 1.29 is 5.11 Å². The van der Waals surface area contributed by atoms with Crippen molar-refractivity contribution >= 4 is 23.5 Å². The average molecular weight is 325 g/mol. The van der Waals surface area contributed by atoms with Crippen LogP contribution in [0.4, 0.5) is 0 Å². The minimum atomic E-state index is 0.374. The molecule has 0 unspecified atom stereocenters. The van der Waals surface area contributed by atoms with Crippen LogP contribution < -0.4 is 0 Å². The molecule has 2 saturated heterocycles. The van der Waals surface area contributed by atoms with Crippen LogP contribution in [0.3, 0.4) is 0 Å². The Morgan fingerprint density at radius 2 is 1.76 bits per heavy atom. The highest BCUT2D eigenvalue weighted by Gasteiger charge is 2.24. The van der Waals surface area contributed by atoms with Crippen LogP contribution >= 0.6 is 23.5 Å². The summed E-state index contributed by atoms with van der Waals surface area (Å²) in [6, 6.07) is 8.42. The van der Waals surface area contributed by atoms with Crippen molar-refractivity contribution in [2.75, 3.05) is 49.2 Å². The van der Waals surface area contributed by atoms with Gasteiger partial charge in [-0.1, -0.05) is 12.1 Å².